The first-order chi connectivity index (χ1) is 11.5. The van der Waals surface area contributed by atoms with Crippen molar-refractivity contribution in [2.75, 3.05) is 6.61 Å². The number of amides is 1. The molecule has 0 radical (unpaired) electrons. The molecule has 1 atom stereocenters. The van der Waals surface area contributed by atoms with E-state index in [-0.39, 0.29) is 18.3 Å². The Bertz CT molecular complexity index is 778. The zero-order chi connectivity index (χ0) is 17.1. The van der Waals surface area contributed by atoms with Crippen LogP contribution in [0.5, 0.6) is 17.2 Å². The molecular weight excluding hydrogens is 308 g/mol. The highest BCUT2D eigenvalue weighted by molar-refractivity contribution is 5.85. The summed E-state index contributed by atoms with van der Waals surface area (Å²) >= 11 is 0. The van der Waals surface area contributed by atoms with Crippen molar-refractivity contribution in [3.63, 3.8) is 0 Å². The number of ether oxygens (including phenoxy) is 2. The fraction of sp³-hybridized carbons (Fsp3) is 0.222. The Kier molecular flexibility index (Phi) is 4.37. The van der Waals surface area contributed by atoms with Gasteiger partial charge < -0.3 is 14.6 Å². The third kappa shape index (κ3) is 3.32. The Morgan fingerprint density at radius 1 is 1.25 bits per heavy atom. The summed E-state index contributed by atoms with van der Waals surface area (Å²) in [6.07, 6.45) is 0.773. The quantitative estimate of drug-likeness (QED) is 0.670. The van der Waals surface area contributed by atoms with Crippen LogP contribution in [0.25, 0.3) is 0 Å². The highest BCUT2D eigenvalue weighted by Gasteiger charge is 2.26. The van der Waals surface area contributed by atoms with Crippen LogP contribution in [0.2, 0.25) is 0 Å². The lowest BCUT2D eigenvalue weighted by molar-refractivity contribution is -0.130. The number of para-hydroxylation sites is 2. The summed E-state index contributed by atoms with van der Waals surface area (Å²) in [6.45, 7) is 3.75. The van der Waals surface area contributed by atoms with Crippen LogP contribution >= 0.6 is 0 Å². The van der Waals surface area contributed by atoms with Gasteiger partial charge in [0.1, 0.15) is 12.4 Å². The summed E-state index contributed by atoms with van der Waals surface area (Å²) in [5.41, 5.74) is 4.74. The molecule has 1 aliphatic rings. The Hall–Kier alpha value is -3.02. The molecule has 2 aromatic rings. The summed E-state index contributed by atoms with van der Waals surface area (Å²) in [5, 5.41) is 13.7. The molecule has 2 aromatic carbocycles. The molecule has 0 fully saturated rings. The van der Waals surface area contributed by atoms with Gasteiger partial charge in [0.15, 0.2) is 11.5 Å². The topological polar surface area (TPSA) is 80.2 Å². The van der Waals surface area contributed by atoms with Crippen molar-refractivity contribution in [2.45, 2.75) is 20.0 Å². The van der Waals surface area contributed by atoms with Gasteiger partial charge in [-0.25, -0.2) is 5.43 Å². The largest absolute Gasteiger partial charge is 0.507 e. The summed E-state index contributed by atoms with van der Waals surface area (Å²) in [6, 6.07) is 10.8. The fourth-order valence-corrected chi connectivity index (χ4v) is 2.46. The maximum Gasteiger partial charge on any atom is 0.284 e. The van der Waals surface area contributed by atoms with E-state index in [0.29, 0.717) is 11.5 Å². The number of nitrogens with one attached hydrogen (secondary N) is 1. The van der Waals surface area contributed by atoms with Gasteiger partial charge in [0.25, 0.3) is 5.91 Å². The Morgan fingerprint density at radius 3 is 2.62 bits per heavy atom. The molecule has 0 spiro atoms. The molecule has 0 saturated heterocycles. The monoisotopic (exact) mass is 326 g/mol. The summed E-state index contributed by atoms with van der Waals surface area (Å²) in [7, 11) is 0. The predicted molar refractivity (Wildman–Crippen MR) is 89.7 cm³/mol. The normalized spacial score (nSPS) is 16.2. The van der Waals surface area contributed by atoms with Crippen molar-refractivity contribution in [1.82, 2.24) is 5.43 Å². The number of phenolic OH excluding ortho intramolecular Hbond substituents is 1. The lowest BCUT2D eigenvalue weighted by Gasteiger charge is -2.24. The van der Waals surface area contributed by atoms with Crippen molar-refractivity contribution in [2.24, 2.45) is 5.10 Å². The first-order valence-corrected chi connectivity index (χ1v) is 7.56. The van der Waals surface area contributed by atoms with E-state index in [1.165, 1.54) is 6.21 Å². The average Bonchev–Trinajstić information content (AvgIpc) is 2.59. The molecule has 0 aliphatic carbocycles. The van der Waals surface area contributed by atoms with Crippen LogP contribution in [0.3, 0.4) is 0 Å². The number of phenols is 1. The number of rotatable bonds is 3. The minimum Gasteiger partial charge on any atom is -0.507 e. The van der Waals surface area contributed by atoms with Gasteiger partial charge in [0.2, 0.25) is 6.10 Å². The van der Waals surface area contributed by atoms with Crippen LogP contribution in [0, 0.1) is 13.8 Å². The van der Waals surface area contributed by atoms with Gasteiger partial charge >= 0.3 is 0 Å². The van der Waals surface area contributed by atoms with Crippen LogP contribution in [0.1, 0.15) is 16.7 Å². The molecule has 3 rings (SSSR count). The second-order valence-corrected chi connectivity index (χ2v) is 5.60. The lowest BCUT2D eigenvalue weighted by Crippen LogP contribution is -2.42. The summed E-state index contributed by atoms with van der Waals surface area (Å²) in [4.78, 5) is 12.1. The van der Waals surface area contributed by atoms with Gasteiger partial charge in [-0.1, -0.05) is 12.1 Å². The third-order valence-corrected chi connectivity index (χ3v) is 3.70. The first-order valence-electron chi connectivity index (χ1n) is 7.56. The number of aryl methyl sites for hydroxylation is 2. The molecular formula is C18H18N2O4. The van der Waals surface area contributed by atoms with Gasteiger partial charge in [-0.05, 0) is 54.8 Å². The number of aromatic hydroxyl groups is 1. The van der Waals surface area contributed by atoms with Gasteiger partial charge in [-0.15, -0.1) is 0 Å². The minimum atomic E-state index is -0.750. The van der Waals surface area contributed by atoms with Crippen molar-refractivity contribution in [3.8, 4) is 17.2 Å². The number of fused-ring (bicyclic) bond motifs is 1. The second kappa shape index (κ2) is 6.62. The molecule has 6 heteroatoms. The average molecular weight is 326 g/mol. The summed E-state index contributed by atoms with van der Waals surface area (Å²) < 4.78 is 11.1. The van der Waals surface area contributed by atoms with E-state index in [2.05, 4.69) is 10.5 Å². The van der Waals surface area contributed by atoms with Crippen LogP contribution in [0.4, 0.5) is 0 Å². The molecule has 0 aromatic heterocycles. The van der Waals surface area contributed by atoms with Crippen molar-refractivity contribution in [1.29, 1.82) is 0 Å². The molecule has 24 heavy (non-hydrogen) atoms. The number of carbonyl (C=O) groups excluding carboxylic acids is 1. The van der Waals surface area contributed by atoms with Gasteiger partial charge in [0.05, 0.1) is 6.21 Å². The smallest absolute Gasteiger partial charge is 0.284 e. The molecule has 0 saturated carbocycles. The van der Waals surface area contributed by atoms with E-state index in [4.69, 9.17) is 9.47 Å². The third-order valence-electron chi connectivity index (χ3n) is 3.70. The van der Waals surface area contributed by atoms with Crippen molar-refractivity contribution >= 4 is 12.1 Å². The number of hydrogen-bond acceptors (Lipinski definition) is 5. The lowest BCUT2D eigenvalue weighted by atomic mass is 10.1. The van der Waals surface area contributed by atoms with Crippen LogP contribution in [0.15, 0.2) is 41.5 Å². The highest BCUT2D eigenvalue weighted by Crippen LogP contribution is 2.30. The maximum absolute atomic E-state index is 12.1. The number of benzene rings is 2. The standard InChI is InChI=1S/C18H18N2O4/c1-11-7-13(8-12(2)17(11)21)9-19-20-18(22)16-10-23-14-5-3-4-6-15(14)24-16/h3-9,16,21H,10H2,1-2H3,(H,20,22)/b19-9+/t16-/m0/s1. The molecule has 0 bridgehead atoms. The minimum absolute atomic E-state index is 0.135. The molecule has 6 nitrogen and oxygen atoms in total. The molecule has 0 unspecified atom stereocenters. The summed E-state index contributed by atoms with van der Waals surface area (Å²) in [5.74, 6) is 1.05. The molecule has 1 amide bonds. The van der Waals surface area contributed by atoms with Crippen LogP contribution in [-0.4, -0.2) is 29.9 Å². The number of carbonyl (C=O) groups is 1. The van der Waals surface area contributed by atoms with Gasteiger partial charge in [0, 0.05) is 0 Å². The first kappa shape index (κ1) is 15.9. The highest BCUT2D eigenvalue weighted by atomic mass is 16.6. The zero-order valence-electron chi connectivity index (χ0n) is 13.4. The number of hydrogen-bond donors (Lipinski definition) is 2. The number of hydrazone groups is 1. The fourth-order valence-electron chi connectivity index (χ4n) is 2.46. The van der Waals surface area contributed by atoms with Gasteiger partial charge in [-0.2, -0.15) is 5.10 Å². The van der Waals surface area contributed by atoms with Crippen molar-refractivity contribution in [3.05, 3.63) is 53.1 Å². The maximum atomic E-state index is 12.1. The predicted octanol–water partition coefficient (Wildman–Crippen LogP) is 2.30. The van der Waals surface area contributed by atoms with E-state index in [0.717, 1.165) is 16.7 Å². The zero-order valence-corrected chi connectivity index (χ0v) is 13.4. The second-order valence-electron chi connectivity index (χ2n) is 5.60. The molecule has 1 aliphatic heterocycles. The van der Waals surface area contributed by atoms with E-state index in [9.17, 15) is 9.90 Å². The Labute approximate surface area is 139 Å². The van der Waals surface area contributed by atoms with Crippen molar-refractivity contribution < 1.29 is 19.4 Å². The van der Waals surface area contributed by atoms with E-state index in [1.807, 2.05) is 26.0 Å². The van der Waals surface area contributed by atoms with E-state index in [1.54, 1.807) is 24.3 Å². The molecule has 2 N–H and O–H groups in total. The molecule has 124 valence electrons. The Morgan fingerprint density at radius 2 is 1.92 bits per heavy atom. The van der Waals surface area contributed by atoms with Gasteiger partial charge in [-0.3, -0.25) is 4.79 Å². The van der Waals surface area contributed by atoms with Crippen LogP contribution in [-0.2, 0) is 4.79 Å². The SMILES string of the molecule is Cc1cc(/C=N/NC(=O)[C@@H]2COc3ccccc3O2)cc(C)c1O. The van der Waals surface area contributed by atoms with E-state index < -0.39 is 6.10 Å². The Balaban J connectivity index is 1.62. The molecule has 1 heterocycles. The van der Waals surface area contributed by atoms with E-state index >= 15 is 0 Å². The van der Waals surface area contributed by atoms with Crippen LogP contribution < -0.4 is 14.9 Å². The number of nitrogens with zero attached hydrogens (tertiary/aromatic N) is 1.